The minimum Gasteiger partial charge on any atom is -0.378 e. The van der Waals surface area contributed by atoms with E-state index in [4.69, 9.17) is 4.74 Å². The van der Waals surface area contributed by atoms with E-state index in [1.807, 2.05) is 0 Å². The minimum atomic E-state index is 0.559. The van der Waals surface area contributed by atoms with Crippen molar-refractivity contribution in [1.29, 1.82) is 0 Å². The van der Waals surface area contributed by atoms with Crippen LogP contribution in [0.25, 0.3) is 0 Å². The molecule has 1 heteroatoms. The Kier molecular flexibility index (Phi) is 9.38. The molecule has 1 aromatic carbocycles. The molecule has 1 nitrogen and oxygen atoms in total. The average molecular weight is 385 g/mol. The predicted octanol–water partition coefficient (Wildman–Crippen LogP) is 8.07. The van der Waals surface area contributed by atoms with Crippen LogP contribution in [0.15, 0.2) is 24.3 Å². The molecule has 2 fully saturated rings. The lowest BCUT2D eigenvalue weighted by atomic mass is 9.79. The molecule has 0 aliphatic heterocycles. The maximum Gasteiger partial charge on any atom is 0.0575 e. The molecule has 0 spiro atoms. The van der Waals surface area contributed by atoms with Gasteiger partial charge in [-0.1, -0.05) is 63.8 Å². The van der Waals surface area contributed by atoms with Gasteiger partial charge in [-0.3, -0.25) is 0 Å². The standard InChI is InChI=1S/C27H44O/c1-3-4-5-6-7-8-23-11-15-25(16-12-23)26-17-13-24(14-18-26)21-28-27-19-9-22(2)10-20-27/h11-12,15-16,22,24,26-27H,3-10,13-14,17-21H2,1-2H3. The van der Waals surface area contributed by atoms with Gasteiger partial charge >= 0.3 is 0 Å². The van der Waals surface area contributed by atoms with Crippen molar-refractivity contribution in [1.82, 2.24) is 0 Å². The first kappa shape index (κ1) is 21.9. The summed E-state index contributed by atoms with van der Waals surface area (Å²) < 4.78 is 6.29. The van der Waals surface area contributed by atoms with Gasteiger partial charge in [0, 0.05) is 6.61 Å². The third-order valence-corrected chi connectivity index (χ3v) is 7.40. The van der Waals surface area contributed by atoms with E-state index < -0.39 is 0 Å². The van der Waals surface area contributed by atoms with E-state index in [1.165, 1.54) is 95.5 Å². The second-order valence-electron chi connectivity index (χ2n) is 9.84. The molecule has 3 rings (SSSR count). The molecule has 158 valence electrons. The van der Waals surface area contributed by atoms with Gasteiger partial charge in [0.05, 0.1) is 6.10 Å². The topological polar surface area (TPSA) is 9.23 Å². The van der Waals surface area contributed by atoms with E-state index in [0.29, 0.717) is 6.10 Å². The van der Waals surface area contributed by atoms with Gasteiger partial charge in [0.1, 0.15) is 0 Å². The van der Waals surface area contributed by atoms with E-state index >= 15 is 0 Å². The summed E-state index contributed by atoms with van der Waals surface area (Å²) in [5.41, 5.74) is 3.11. The van der Waals surface area contributed by atoms with Crippen molar-refractivity contribution >= 4 is 0 Å². The number of unbranched alkanes of at least 4 members (excludes halogenated alkanes) is 4. The minimum absolute atomic E-state index is 0.559. The van der Waals surface area contributed by atoms with Crippen LogP contribution in [0.1, 0.15) is 114 Å². The van der Waals surface area contributed by atoms with Gasteiger partial charge < -0.3 is 4.74 Å². The van der Waals surface area contributed by atoms with Crippen molar-refractivity contribution in [2.45, 2.75) is 116 Å². The molecular weight excluding hydrogens is 340 g/mol. The summed E-state index contributed by atoms with van der Waals surface area (Å²) in [5.74, 6) is 2.51. The summed E-state index contributed by atoms with van der Waals surface area (Å²) in [6.45, 7) is 5.69. The highest BCUT2D eigenvalue weighted by Crippen LogP contribution is 2.36. The van der Waals surface area contributed by atoms with Crippen LogP contribution in [0.2, 0.25) is 0 Å². The number of aryl methyl sites for hydroxylation is 1. The summed E-state index contributed by atoms with van der Waals surface area (Å²) in [6.07, 6.45) is 19.4. The van der Waals surface area contributed by atoms with Crippen molar-refractivity contribution in [3.63, 3.8) is 0 Å². The van der Waals surface area contributed by atoms with Crippen LogP contribution in [0.3, 0.4) is 0 Å². The van der Waals surface area contributed by atoms with E-state index in [-0.39, 0.29) is 0 Å². The third-order valence-electron chi connectivity index (χ3n) is 7.40. The molecule has 0 bridgehead atoms. The van der Waals surface area contributed by atoms with Gasteiger partial charge in [0.2, 0.25) is 0 Å². The molecule has 2 aliphatic rings. The molecule has 0 N–H and O–H groups in total. The monoisotopic (exact) mass is 384 g/mol. The lowest BCUT2D eigenvalue weighted by Gasteiger charge is -2.31. The van der Waals surface area contributed by atoms with Crippen LogP contribution in [0, 0.1) is 11.8 Å². The number of hydrogen-bond acceptors (Lipinski definition) is 1. The molecule has 2 saturated carbocycles. The largest absolute Gasteiger partial charge is 0.378 e. The zero-order valence-corrected chi connectivity index (χ0v) is 18.6. The quantitative estimate of drug-likeness (QED) is 0.370. The number of ether oxygens (including phenoxy) is 1. The zero-order valence-electron chi connectivity index (χ0n) is 18.6. The predicted molar refractivity (Wildman–Crippen MR) is 121 cm³/mol. The first-order valence-corrected chi connectivity index (χ1v) is 12.4. The fourth-order valence-electron chi connectivity index (χ4n) is 5.22. The van der Waals surface area contributed by atoms with Gasteiger partial charge in [-0.05, 0) is 93.1 Å². The highest BCUT2D eigenvalue weighted by molar-refractivity contribution is 5.26. The Hall–Kier alpha value is -0.820. The number of rotatable bonds is 10. The Morgan fingerprint density at radius 1 is 0.786 bits per heavy atom. The van der Waals surface area contributed by atoms with E-state index in [0.717, 1.165) is 24.4 Å². The Morgan fingerprint density at radius 3 is 2.14 bits per heavy atom. The fourth-order valence-corrected chi connectivity index (χ4v) is 5.22. The van der Waals surface area contributed by atoms with Gasteiger partial charge in [0.25, 0.3) is 0 Å². The van der Waals surface area contributed by atoms with Gasteiger partial charge in [-0.2, -0.15) is 0 Å². The molecular formula is C27H44O. The van der Waals surface area contributed by atoms with Crippen LogP contribution in [0.4, 0.5) is 0 Å². The second kappa shape index (κ2) is 12.0. The molecule has 0 atom stereocenters. The molecule has 2 aliphatic carbocycles. The Bertz CT molecular complexity index is 518. The van der Waals surface area contributed by atoms with Gasteiger partial charge in [-0.15, -0.1) is 0 Å². The maximum atomic E-state index is 6.29. The smallest absolute Gasteiger partial charge is 0.0575 e. The van der Waals surface area contributed by atoms with Crippen molar-refractivity contribution in [3.8, 4) is 0 Å². The molecule has 0 radical (unpaired) electrons. The lowest BCUT2D eigenvalue weighted by Crippen LogP contribution is -2.25. The first-order valence-electron chi connectivity index (χ1n) is 12.4. The zero-order chi connectivity index (χ0) is 19.6. The molecule has 0 unspecified atom stereocenters. The van der Waals surface area contributed by atoms with Gasteiger partial charge in [-0.25, -0.2) is 0 Å². The van der Waals surface area contributed by atoms with Crippen LogP contribution in [0.5, 0.6) is 0 Å². The third kappa shape index (κ3) is 7.21. The normalized spacial score (nSPS) is 28.4. The molecule has 0 amide bonds. The maximum absolute atomic E-state index is 6.29. The van der Waals surface area contributed by atoms with Crippen molar-refractivity contribution in [2.75, 3.05) is 6.61 Å². The van der Waals surface area contributed by atoms with Crippen molar-refractivity contribution in [3.05, 3.63) is 35.4 Å². The van der Waals surface area contributed by atoms with Crippen LogP contribution >= 0.6 is 0 Å². The highest BCUT2D eigenvalue weighted by Gasteiger charge is 2.24. The van der Waals surface area contributed by atoms with Crippen LogP contribution in [-0.4, -0.2) is 12.7 Å². The number of benzene rings is 1. The molecule has 0 aromatic heterocycles. The summed E-state index contributed by atoms with van der Waals surface area (Å²) in [5, 5.41) is 0. The van der Waals surface area contributed by atoms with E-state index in [9.17, 15) is 0 Å². The van der Waals surface area contributed by atoms with E-state index in [2.05, 4.69) is 38.1 Å². The molecule has 1 aromatic rings. The lowest BCUT2D eigenvalue weighted by molar-refractivity contribution is -0.00640. The van der Waals surface area contributed by atoms with Gasteiger partial charge in [0.15, 0.2) is 0 Å². The molecule has 0 saturated heterocycles. The average Bonchev–Trinajstić information content (AvgIpc) is 2.74. The summed E-state index contributed by atoms with van der Waals surface area (Å²) in [6, 6.07) is 9.64. The molecule has 0 heterocycles. The Balaban J connectivity index is 1.33. The van der Waals surface area contributed by atoms with Crippen molar-refractivity contribution < 1.29 is 4.74 Å². The Morgan fingerprint density at radius 2 is 1.46 bits per heavy atom. The number of hydrogen-bond donors (Lipinski definition) is 0. The molecule has 28 heavy (non-hydrogen) atoms. The summed E-state index contributed by atoms with van der Waals surface area (Å²) in [7, 11) is 0. The fraction of sp³-hybridized carbons (Fsp3) is 0.778. The van der Waals surface area contributed by atoms with E-state index in [1.54, 1.807) is 5.56 Å². The highest BCUT2D eigenvalue weighted by atomic mass is 16.5. The van der Waals surface area contributed by atoms with Crippen LogP contribution in [-0.2, 0) is 11.2 Å². The SMILES string of the molecule is CCCCCCCc1ccc(C2CCC(COC3CCC(C)CC3)CC2)cc1. The summed E-state index contributed by atoms with van der Waals surface area (Å²) >= 11 is 0. The second-order valence-corrected chi connectivity index (χ2v) is 9.84. The summed E-state index contributed by atoms with van der Waals surface area (Å²) in [4.78, 5) is 0. The first-order chi connectivity index (χ1) is 13.7. The van der Waals surface area contributed by atoms with Crippen LogP contribution < -0.4 is 0 Å². The van der Waals surface area contributed by atoms with Crippen molar-refractivity contribution in [2.24, 2.45) is 11.8 Å². The Labute approximate surface area is 174 Å².